The van der Waals surface area contributed by atoms with Crippen LogP contribution in [0.1, 0.15) is 11.3 Å². The van der Waals surface area contributed by atoms with Crippen molar-refractivity contribution in [2.45, 2.75) is 13.0 Å². The van der Waals surface area contributed by atoms with E-state index in [9.17, 15) is 0 Å². The SMILES string of the molecule is c1ccc(Nc2nn(-c3nc4ccccc4s3)c3c2CNCC3)cc1. The summed E-state index contributed by atoms with van der Waals surface area (Å²) in [7, 11) is 0. The van der Waals surface area contributed by atoms with Gasteiger partial charge in [0.25, 0.3) is 0 Å². The molecular weight excluding hydrogens is 330 g/mol. The number of anilines is 2. The second-order valence-corrected chi connectivity index (χ2v) is 7.08. The van der Waals surface area contributed by atoms with Gasteiger partial charge in [-0.25, -0.2) is 9.67 Å². The molecule has 2 N–H and O–H groups in total. The van der Waals surface area contributed by atoms with E-state index in [0.29, 0.717) is 0 Å². The minimum Gasteiger partial charge on any atom is -0.338 e. The Kier molecular flexibility index (Phi) is 3.50. The predicted molar refractivity (Wildman–Crippen MR) is 102 cm³/mol. The number of benzene rings is 2. The van der Waals surface area contributed by atoms with Crippen molar-refractivity contribution in [1.82, 2.24) is 20.1 Å². The molecule has 0 unspecified atom stereocenters. The number of aromatic nitrogens is 3. The van der Waals surface area contributed by atoms with Crippen LogP contribution in [0.5, 0.6) is 0 Å². The van der Waals surface area contributed by atoms with E-state index in [1.165, 1.54) is 16.0 Å². The van der Waals surface area contributed by atoms with Gasteiger partial charge in [0.1, 0.15) is 0 Å². The van der Waals surface area contributed by atoms with Crippen molar-refractivity contribution in [3.05, 3.63) is 65.9 Å². The average molecular weight is 347 g/mol. The molecule has 5 nitrogen and oxygen atoms in total. The molecule has 2 aromatic heterocycles. The van der Waals surface area contributed by atoms with Gasteiger partial charge in [0.05, 0.1) is 15.9 Å². The highest BCUT2D eigenvalue weighted by Gasteiger charge is 2.23. The van der Waals surface area contributed by atoms with E-state index in [1.54, 1.807) is 11.3 Å². The molecule has 0 saturated heterocycles. The second kappa shape index (κ2) is 5.98. The highest BCUT2D eigenvalue weighted by molar-refractivity contribution is 7.20. The van der Waals surface area contributed by atoms with Gasteiger partial charge in [0.2, 0.25) is 5.13 Å². The molecule has 0 fully saturated rings. The van der Waals surface area contributed by atoms with Gasteiger partial charge in [0.15, 0.2) is 5.82 Å². The number of para-hydroxylation sites is 2. The van der Waals surface area contributed by atoms with Crippen molar-refractivity contribution >= 4 is 33.1 Å². The summed E-state index contributed by atoms with van der Waals surface area (Å²) >= 11 is 1.68. The fourth-order valence-electron chi connectivity index (χ4n) is 3.22. The first-order chi connectivity index (χ1) is 12.4. The van der Waals surface area contributed by atoms with E-state index in [0.717, 1.165) is 41.7 Å². The van der Waals surface area contributed by atoms with Crippen LogP contribution in [0.2, 0.25) is 0 Å². The number of hydrogen-bond donors (Lipinski definition) is 2. The first kappa shape index (κ1) is 14.6. The molecule has 0 spiro atoms. The summed E-state index contributed by atoms with van der Waals surface area (Å²) in [6.45, 7) is 1.80. The summed E-state index contributed by atoms with van der Waals surface area (Å²) in [4.78, 5) is 4.78. The quantitative estimate of drug-likeness (QED) is 0.591. The lowest BCUT2D eigenvalue weighted by Gasteiger charge is -2.14. The molecule has 0 atom stereocenters. The minimum absolute atomic E-state index is 0.829. The van der Waals surface area contributed by atoms with Gasteiger partial charge in [0, 0.05) is 30.8 Å². The van der Waals surface area contributed by atoms with Gasteiger partial charge >= 0.3 is 0 Å². The third-order valence-corrected chi connectivity index (χ3v) is 5.44. The van der Waals surface area contributed by atoms with Crippen LogP contribution in [-0.4, -0.2) is 21.3 Å². The molecule has 6 heteroatoms. The monoisotopic (exact) mass is 347 g/mol. The lowest BCUT2D eigenvalue weighted by atomic mass is 10.1. The molecule has 1 aliphatic heterocycles. The van der Waals surface area contributed by atoms with Crippen LogP contribution in [0.4, 0.5) is 11.5 Å². The highest BCUT2D eigenvalue weighted by atomic mass is 32.1. The fourth-order valence-corrected chi connectivity index (χ4v) is 4.16. The van der Waals surface area contributed by atoms with Crippen LogP contribution in [0.3, 0.4) is 0 Å². The third kappa shape index (κ3) is 2.59. The van der Waals surface area contributed by atoms with Crippen molar-refractivity contribution in [1.29, 1.82) is 0 Å². The molecule has 5 rings (SSSR count). The molecule has 0 bridgehead atoms. The van der Waals surface area contributed by atoms with Crippen LogP contribution < -0.4 is 10.6 Å². The van der Waals surface area contributed by atoms with Gasteiger partial charge in [-0.2, -0.15) is 0 Å². The molecule has 0 amide bonds. The van der Waals surface area contributed by atoms with Crippen molar-refractivity contribution in [2.75, 3.05) is 11.9 Å². The fraction of sp³-hybridized carbons (Fsp3) is 0.158. The summed E-state index contributed by atoms with van der Waals surface area (Å²) in [5.74, 6) is 0.910. The first-order valence-electron chi connectivity index (χ1n) is 8.38. The Morgan fingerprint density at radius 3 is 2.76 bits per heavy atom. The zero-order chi connectivity index (χ0) is 16.6. The maximum atomic E-state index is 4.87. The van der Waals surface area contributed by atoms with E-state index >= 15 is 0 Å². The Labute approximate surface area is 149 Å². The Morgan fingerprint density at radius 2 is 1.88 bits per heavy atom. The number of hydrogen-bond acceptors (Lipinski definition) is 5. The standard InChI is InChI=1S/C19H17N5S/c1-2-6-13(7-3-1)21-18-14-12-20-11-10-16(14)24(23-18)19-22-15-8-4-5-9-17(15)25-19/h1-9,20H,10-12H2,(H,21,23). The molecule has 0 radical (unpaired) electrons. The zero-order valence-electron chi connectivity index (χ0n) is 13.6. The number of nitrogens with zero attached hydrogens (tertiary/aromatic N) is 3. The zero-order valence-corrected chi connectivity index (χ0v) is 14.4. The first-order valence-corrected chi connectivity index (χ1v) is 9.20. The summed E-state index contributed by atoms with van der Waals surface area (Å²) in [5, 5.41) is 12.7. The van der Waals surface area contributed by atoms with Crippen LogP contribution in [0, 0.1) is 0 Å². The molecule has 4 aromatic rings. The molecule has 1 aliphatic rings. The van der Waals surface area contributed by atoms with Crippen LogP contribution in [-0.2, 0) is 13.0 Å². The normalized spacial score (nSPS) is 13.8. The topological polar surface area (TPSA) is 54.8 Å². The van der Waals surface area contributed by atoms with E-state index < -0.39 is 0 Å². The summed E-state index contributed by atoms with van der Waals surface area (Å²) < 4.78 is 3.21. The summed E-state index contributed by atoms with van der Waals surface area (Å²) in [6, 6.07) is 18.4. The van der Waals surface area contributed by atoms with Crippen molar-refractivity contribution in [2.24, 2.45) is 0 Å². The van der Waals surface area contributed by atoms with Crippen LogP contribution >= 0.6 is 11.3 Å². The minimum atomic E-state index is 0.829. The maximum Gasteiger partial charge on any atom is 0.211 e. The number of fused-ring (bicyclic) bond motifs is 2. The molecule has 25 heavy (non-hydrogen) atoms. The molecule has 0 aliphatic carbocycles. The van der Waals surface area contributed by atoms with Crippen LogP contribution in [0.15, 0.2) is 54.6 Å². The molecule has 124 valence electrons. The Hall–Kier alpha value is -2.70. The molecule has 3 heterocycles. The van der Waals surface area contributed by atoms with E-state index in [-0.39, 0.29) is 0 Å². The predicted octanol–water partition coefficient (Wildman–Crippen LogP) is 3.87. The smallest absolute Gasteiger partial charge is 0.211 e. The second-order valence-electron chi connectivity index (χ2n) is 6.07. The highest BCUT2D eigenvalue weighted by Crippen LogP contribution is 2.31. The largest absolute Gasteiger partial charge is 0.338 e. The van der Waals surface area contributed by atoms with Gasteiger partial charge in [-0.3, -0.25) is 0 Å². The number of nitrogens with one attached hydrogen (secondary N) is 2. The van der Waals surface area contributed by atoms with E-state index in [2.05, 4.69) is 41.0 Å². The lowest BCUT2D eigenvalue weighted by Crippen LogP contribution is -2.24. The van der Waals surface area contributed by atoms with Crippen molar-refractivity contribution in [3.8, 4) is 5.13 Å². The van der Waals surface area contributed by atoms with Crippen molar-refractivity contribution < 1.29 is 0 Å². The van der Waals surface area contributed by atoms with Gasteiger partial charge in [-0.15, -0.1) is 5.10 Å². The van der Waals surface area contributed by atoms with E-state index in [1.807, 2.05) is 28.9 Å². The number of thiazole rings is 1. The van der Waals surface area contributed by atoms with Gasteiger partial charge in [-0.1, -0.05) is 41.7 Å². The summed E-state index contributed by atoms with van der Waals surface area (Å²) in [5.41, 5.74) is 4.55. The number of rotatable bonds is 3. The Morgan fingerprint density at radius 1 is 1.04 bits per heavy atom. The summed E-state index contributed by atoms with van der Waals surface area (Å²) in [6.07, 6.45) is 0.953. The molecule has 2 aromatic carbocycles. The molecule has 0 saturated carbocycles. The Balaban J connectivity index is 1.62. The van der Waals surface area contributed by atoms with Crippen LogP contribution in [0.25, 0.3) is 15.3 Å². The third-order valence-electron chi connectivity index (χ3n) is 4.43. The van der Waals surface area contributed by atoms with Gasteiger partial charge in [-0.05, 0) is 24.3 Å². The lowest BCUT2D eigenvalue weighted by molar-refractivity contribution is 0.622. The maximum absolute atomic E-state index is 4.87. The Bertz CT molecular complexity index is 1000. The molecular formula is C19H17N5S. The average Bonchev–Trinajstić information content (AvgIpc) is 3.24. The van der Waals surface area contributed by atoms with Gasteiger partial charge < -0.3 is 10.6 Å². The van der Waals surface area contributed by atoms with Crippen molar-refractivity contribution in [3.63, 3.8) is 0 Å². The van der Waals surface area contributed by atoms with E-state index in [4.69, 9.17) is 10.1 Å².